The first-order valence-corrected chi connectivity index (χ1v) is 5.39. The van der Waals surface area contributed by atoms with Gasteiger partial charge in [-0.3, -0.25) is 0 Å². The van der Waals surface area contributed by atoms with Crippen LogP contribution in [0.2, 0.25) is 5.02 Å². The minimum Gasteiger partial charge on any atom is -0.493 e. The van der Waals surface area contributed by atoms with E-state index in [1.54, 1.807) is 14.2 Å². The predicted octanol–water partition coefficient (Wildman–Crippen LogP) is 2.72. The summed E-state index contributed by atoms with van der Waals surface area (Å²) in [7, 11) is 3.15. The van der Waals surface area contributed by atoms with Crippen molar-refractivity contribution >= 4 is 17.7 Å². The Bertz CT molecular complexity index is 378. The van der Waals surface area contributed by atoms with E-state index in [2.05, 4.69) is 0 Å². The normalized spacial score (nSPS) is 10.8. The van der Waals surface area contributed by atoms with E-state index in [1.165, 1.54) is 0 Å². The van der Waals surface area contributed by atoms with Crippen LogP contribution in [-0.4, -0.2) is 20.8 Å². The van der Waals surface area contributed by atoms with Crippen LogP contribution < -0.4 is 15.2 Å². The number of benzene rings is 1. The molecule has 1 aromatic carbocycles. The van der Waals surface area contributed by atoms with Gasteiger partial charge < -0.3 is 15.2 Å². The van der Waals surface area contributed by atoms with E-state index in [0.29, 0.717) is 23.1 Å². The monoisotopic (exact) mass is 241 g/mol. The summed E-state index contributed by atoms with van der Waals surface area (Å²) in [6.07, 6.45) is 4.73. The smallest absolute Gasteiger partial charge is 0.179 e. The van der Waals surface area contributed by atoms with Gasteiger partial charge in [-0.2, -0.15) is 0 Å². The van der Waals surface area contributed by atoms with E-state index in [-0.39, 0.29) is 0 Å². The lowest BCUT2D eigenvalue weighted by Crippen LogP contribution is -1.95. The van der Waals surface area contributed by atoms with Gasteiger partial charge in [-0.05, 0) is 30.7 Å². The van der Waals surface area contributed by atoms with Crippen molar-refractivity contribution < 1.29 is 9.47 Å². The van der Waals surface area contributed by atoms with Crippen molar-refractivity contribution in [2.75, 3.05) is 20.8 Å². The maximum Gasteiger partial charge on any atom is 0.179 e. The number of rotatable bonds is 5. The lowest BCUT2D eigenvalue weighted by molar-refractivity contribution is 0.355. The minimum absolute atomic E-state index is 0.551. The third-order valence-electron chi connectivity index (χ3n) is 2.15. The van der Waals surface area contributed by atoms with Gasteiger partial charge in [0.2, 0.25) is 0 Å². The molecule has 4 heteroatoms. The number of hydrogen-bond acceptors (Lipinski definition) is 3. The van der Waals surface area contributed by atoms with E-state index < -0.39 is 0 Å². The van der Waals surface area contributed by atoms with Gasteiger partial charge in [0.1, 0.15) is 0 Å². The quantitative estimate of drug-likeness (QED) is 0.862. The number of halogens is 1. The number of ether oxygens (including phenoxy) is 2. The Balaban J connectivity index is 3.04. The molecule has 0 bridgehead atoms. The molecule has 0 saturated carbocycles. The van der Waals surface area contributed by atoms with Crippen molar-refractivity contribution in [3.63, 3.8) is 0 Å². The summed E-state index contributed by atoms with van der Waals surface area (Å²) < 4.78 is 10.3. The molecule has 0 heterocycles. The highest BCUT2D eigenvalue weighted by molar-refractivity contribution is 6.33. The Morgan fingerprint density at radius 3 is 2.62 bits per heavy atom. The summed E-state index contributed by atoms with van der Waals surface area (Å²) in [6, 6.07) is 3.71. The average Bonchev–Trinajstić information content (AvgIpc) is 2.31. The van der Waals surface area contributed by atoms with Gasteiger partial charge in [-0.1, -0.05) is 23.8 Å². The first kappa shape index (κ1) is 12.9. The zero-order valence-electron chi connectivity index (χ0n) is 9.50. The number of methoxy groups -OCH3 is 2. The molecule has 0 aliphatic rings. The Morgan fingerprint density at radius 1 is 1.31 bits per heavy atom. The third kappa shape index (κ3) is 2.90. The van der Waals surface area contributed by atoms with Gasteiger partial charge >= 0.3 is 0 Å². The van der Waals surface area contributed by atoms with Crippen LogP contribution >= 0.6 is 11.6 Å². The first-order chi connectivity index (χ1) is 7.74. The summed E-state index contributed by atoms with van der Waals surface area (Å²) >= 11 is 6.18. The molecular weight excluding hydrogens is 226 g/mol. The second-order valence-electron chi connectivity index (χ2n) is 3.18. The highest BCUT2D eigenvalue weighted by atomic mass is 35.5. The van der Waals surface area contributed by atoms with Crippen LogP contribution in [-0.2, 0) is 0 Å². The Labute approximate surface area is 101 Å². The van der Waals surface area contributed by atoms with E-state index in [0.717, 1.165) is 12.0 Å². The number of nitrogens with two attached hydrogens (primary N) is 1. The van der Waals surface area contributed by atoms with Crippen LogP contribution in [0.15, 0.2) is 18.2 Å². The fourth-order valence-corrected chi connectivity index (χ4v) is 1.64. The van der Waals surface area contributed by atoms with Gasteiger partial charge in [0.25, 0.3) is 0 Å². The maximum atomic E-state index is 6.18. The molecule has 1 rings (SSSR count). The molecule has 88 valence electrons. The second-order valence-corrected chi connectivity index (χ2v) is 3.56. The SMILES string of the molecule is COc1ccc(C=CCCN)c(Cl)c1OC. The molecule has 0 aliphatic carbocycles. The molecule has 0 atom stereocenters. The van der Waals surface area contributed by atoms with Crippen molar-refractivity contribution in [3.05, 3.63) is 28.8 Å². The molecule has 3 nitrogen and oxygen atoms in total. The molecule has 0 saturated heterocycles. The van der Waals surface area contributed by atoms with Gasteiger partial charge in [-0.25, -0.2) is 0 Å². The summed E-state index contributed by atoms with van der Waals surface area (Å²) in [6.45, 7) is 0.626. The molecule has 0 fully saturated rings. The first-order valence-electron chi connectivity index (χ1n) is 5.01. The van der Waals surface area contributed by atoms with Crippen LogP contribution in [0.1, 0.15) is 12.0 Å². The fourth-order valence-electron chi connectivity index (χ4n) is 1.34. The third-order valence-corrected chi connectivity index (χ3v) is 2.54. The summed E-state index contributed by atoms with van der Waals surface area (Å²) in [5.41, 5.74) is 6.30. The zero-order chi connectivity index (χ0) is 12.0. The van der Waals surface area contributed by atoms with Crippen molar-refractivity contribution in [2.24, 2.45) is 5.73 Å². The molecular formula is C12H16ClNO2. The highest BCUT2D eigenvalue weighted by Gasteiger charge is 2.10. The number of hydrogen-bond donors (Lipinski definition) is 1. The zero-order valence-corrected chi connectivity index (χ0v) is 10.3. The van der Waals surface area contributed by atoms with Gasteiger partial charge in [0.05, 0.1) is 19.2 Å². The lowest BCUT2D eigenvalue weighted by Gasteiger charge is -2.10. The molecule has 0 aromatic heterocycles. The van der Waals surface area contributed by atoms with Crippen molar-refractivity contribution in [3.8, 4) is 11.5 Å². The molecule has 0 amide bonds. The molecule has 0 unspecified atom stereocenters. The highest BCUT2D eigenvalue weighted by Crippen LogP contribution is 2.37. The Hall–Kier alpha value is -1.19. The van der Waals surface area contributed by atoms with Gasteiger partial charge in [-0.15, -0.1) is 0 Å². The molecule has 0 spiro atoms. The average molecular weight is 242 g/mol. The molecule has 1 aromatic rings. The van der Waals surface area contributed by atoms with E-state index >= 15 is 0 Å². The van der Waals surface area contributed by atoms with E-state index in [9.17, 15) is 0 Å². The van der Waals surface area contributed by atoms with Crippen LogP contribution in [0.5, 0.6) is 11.5 Å². The van der Waals surface area contributed by atoms with Gasteiger partial charge in [0, 0.05) is 0 Å². The summed E-state index contributed by atoms with van der Waals surface area (Å²) in [5.74, 6) is 1.18. The predicted molar refractivity (Wildman–Crippen MR) is 67.3 cm³/mol. The lowest BCUT2D eigenvalue weighted by atomic mass is 10.1. The van der Waals surface area contributed by atoms with Crippen LogP contribution in [0.3, 0.4) is 0 Å². The van der Waals surface area contributed by atoms with E-state index in [1.807, 2.05) is 24.3 Å². The Morgan fingerprint density at radius 2 is 2.06 bits per heavy atom. The molecule has 0 radical (unpaired) electrons. The fraction of sp³-hybridized carbons (Fsp3) is 0.333. The molecule has 2 N–H and O–H groups in total. The van der Waals surface area contributed by atoms with Gasteiger partial charge in [0.15, 0.2) is 11.5 Å². The van der Waals surface area contributed by atoms with Crippen molar-refractivity contribution in [1.82, 2.24) is 0 Å². The van der Waals surface area contributed by atoms with Crippen LogP contribution in [0, 0.1) is 0 Å². The maximum absolute atomic E-state index is 6.18. The molecule has 16 heavy (non-hydrogen) atoms. The van der Waals surface area contributed by atoms with Crippen LogP contribution in [0.4, 0.5) is 0 Å². The molecule has 0 aliphatic heterocycles. The summed E-state index contributed by atoms with van der Waals surface area (Å²) in [5, 5.41) is 0.551. The van der Waals surface area contributed by atoms with Crippen molar-refractivity contribution in [2.45, 2.75) is 6.42 Å². The second kappa shape index (κ2) is 6.40. The minimum atomic E-state index is 0.551. The van der Waals surface area contributed by atoms with Crippen molar-refractivity contribution in [1.29, 1.82) is 0 Å². The topological polar surface area (TPSA) is 44.5 Å². The summed E-state index contributed by atoms with van der Waals surface area (Å²) in [4.78, 5) is 0. The van der Waals surface area contributed by atoms with E-state index in [4.69, 9.17) is 26.8 Å². The standard InChI is InChI=1S/C12H16ClNO2/c1-15-10-7-6-9(5-3-4-8-14)11(13)12(10)16-2/h3,5-7H,4,8,14H2,1-2H3. The Kier molecular flexibility index (Phi) is 5.15. The van der Waals surface area contributed by atoms with Crippen LogP contribution in [0.25, 0.3) is 6.08 Å². The largest absolute Gasteiger partial charge is 0.493 e.